The monoisotopic (exact) mass is 387 g/mol. The van der Waals surface area contributed by atoms with Crippen molar-refractivity contribution in [1.29, 1.82) is 0 Å². The lowest BCUT2D eigenvalue weighted by atomic mass is 10.2. The van der Waals surface area contributed by atoms with Crippen LogP contribution in [0.1, 0.15) is 6.42 Å². The number of nitrogens with one attached hydrogen (secondary N) is 1. The molecule has 2 aromatic heterocycles. The van der Waals surface area contributed by atoms with E-state index >= 15 is 0 Å². The highest BCUT2D eigenvalue weighted by Crippen LogP contribution is 2.30. The van der Waals surface area contributed by atoms with Gasteiger partial charge in [0.1, 0.15) is 5.82 Å². The molecule has 0 bridgehead atoms. The maximum absolute atomic E-state index is 13.1. The first-order valence-electron chi connectivity index (χ1n) is 8.77. The molecule has 0 saturated carbocycles. The molecule has 0 aromatic carbocycles. The lowest BCUT2D eigenvalue weighted by Crippen LogP contribution is -2.49. The van der Waals surface area contributed by atoms with Crippen molar-refractivity contribution in [2.24, 2.45) is 7.05 Å². The number of rotatable bonds is 6. The molecular formula is C16H24F3N7O. The molecule has 1 atom stereocenters. The van der Waals surface area contributed by atoms with Gasteiger partial charge in [0, 0.05) is 20.1 Å². The number of anilines is 2. The summed E-state index contributed by atoms with van der Waals surface area (Å²) in [6.07, 6.45) is -3.77. The minimum atomic E-state index is -4.41. The first-order valence-corrected chi connectivity index (χ1v) is 8.77. The Morgan fingerprint density at radius 1 is 1.33 bits per heavy atom. The van der Waals surface area contributed by atoms with Crippen LogP contribution < -0.4 is 10.2 Å². The second-order valence-corrected chi connectivity index (χ2v) is 6.81. The molecule has 1 aliphatic rings. The molecule has 1 unspecified atom stereocenters. The summed E-state index contributed by atoms with van der Waals surface area (Å²) in [4.78, 5) is 12.6. The van der Waals surface area contributed by atoms with Gasteiger partial charge in [-0.3, -0.25) is 4.68 Å². The van der Waals surface area contributed by atoms with E-state index in [0.29, 0.717) is 35.9 Å². The van der Waals surface area contributed by atoms with Crippen LogP contribution in [-0.4, -0.2) is 83.8 Å². The second kappa shape index (κ2) is 7.85. The minimum absolute atomic E-state index is 0.0124. The van der Waals surface area contributed by atoms with Gasteiger partial charge >= 0.3 is 6.18 Å². The van der Waals surface area contributed by atoms with Gasteiger partial charge in [0.25, 0.3) is 0 Å². The summed E-state index contributed by atoms with van der Waals surface area (Å²) in [6, 6.07) is 0. The summed E-state index contributed by atoms with van der Waals surface area (Å²) in [5.74, 6) is 0.829. The van der Waals surface area contributed by atoms with E-state index in [1.807, 2.05) is 14.1 Å². The van der Waals surface area contributed by atoms with Gasteiger partial charge in [0.05, 0.1) is 24.7 Å². The van der Waals surface area contributed by atoms with Gasteiger partial charge in [0.2, 0.25) is 5.95 Å². The summed E-state index contributed by atoms with van der Waals surface area (Å²) in [7, 11) is 5.73. The Bertz CT molecular complexity index is 777. The maximum Gasteiger partial charge on any atom is 0.416 e. The van der Waals surface area contributed by atoms with Gasteiger partial charge in [-0.1, -0.05) is 0 Å². The summed E-state index contributed by atoms with van der Waals surface area (Å²) < 4.78 is 45.7. The van der Waals surface area contributed by atoms with Crippen molar-refractivity contribution in [1.82, 2.24) is 24.6 Å². The number of fused-ring (bicyclic) bond motifs is 1. The van der Waals surface area contributed by atoms with Gasteiger partial charge in [-0.25, -0.2) is 0 Å². The quantitative estimate of drug-likeness (QED) is 0.753. The molecule has 0 amide bonds. The van der Waals surface area contributed by atoms with Crippen LogP contribution in [0.3, 0.4) is 0 Å². The lowest BCUT2D eigenvalue weighted by molar-refractivity contribution is -0.221. The van der Waals surface area contributed by atoms with Crippen molar-refractivity contribution in [2.75, 3.05) is 57.1 Å². The first kappa shape index (κ1) is 19.6. The molecule has 8 nitrogen and oxygen atoms in total. The number of hydrogen-bond donors (Lipinski definition) is 1. The zero-order chi connectivity index (χ0) is 19.6. The highest BCUT2D eigenvalue weighted by atomic mass is 19.4. The fourth-order valence-corrected chi connectivity index (χ4v) is 2.96. The Labute approximate surface area is 155 Å². The fraction of sp³-hybridized carbons (Fsp3) is 0.688. The smallest absolute Gasteiger partial charge is 0.365 e. The van der Waals surface area contributed by atoms with Gasteiger partial charge < -0.3 is 19.9 Å². The molecule has 3 rings (SSSR count). The molecule has 1 saturated heterocycles. The number of ether oxygens (including phenoxy) is 1. The number of aryl methyl sites for hydroxylation is 1. The molecule has 27 heavy (non-hydrogen) atoms. The third-order valence-corrected chi connectivity index (χ3v) is 4.37. The number of morpholine rings is 1. The van der Waals surface area contributed by atoms with Crippen molar-refractivity contribution in [2.45, 2.75) is 18.7 Å². The number of halogens is 3. The van der Waals surface area contributed by atoms with Crippen LogP contribution in [0.4, 0.5) is 24.9 Å². The first-order chi connectivity index (χ1) is 12.8. The Balaban J connectivity index is 1.85. The molecule has 3 heterocycles. The third kappa shape index (κ3) is 4.59. The summed E-state index contributed by atoms with van der Waals surface area (Å²) in [5.41, 5.74) is 0.574. The van der Waals surface area contributed by atoms with Gasteiger partial charge in [-0.15, -0.1) is 0 Å². The molecule has 1 aliphatic heterocycles. The van der Waals surface area contributed by atoms with E-state index in [0.717, 1.165) is 13.0 Å². The molecular weight excluding hydrogens is 363 g/mol. The van der Waals surface area contributed by atoms with Crippen LogP contribution in [-0.2, 0) is 11.8 Å². The van der Waals surface area contributed by atoms with E-state index in [9.17, 15) is 13.2 Å². The summed E-state index contributed by atoms with van der Waals surface area (Å²) in [5, 5.41) is 7.96. The minimum Gasteiger partial charge on any atom is -0.365 e. The van der Waals surface area contributed by atoms with Gasteiger partial charge in [-0.05, 0) is 27.1 Å². The lowest BCUT2D eigenvalue weighted by Gasteiger charge is -2.34. The number of nitrogens with zero attached hydrogens (tertiary/aromatic N) is 6. The maximum atomic E-state index is 13.1. The average molecular weight is 387 g/mol. The average Bonchev–Trinajstić information content (AvgIpc) is 2.98. The Kier molecular flexibility index (Phi) is 5.70. The van der Waals surface area contributed by atoms with E-state index < -0.39 is 12.3 Å². The van der Waals surface area contributed by atoms with Crippen molar-refractivity contribution >= 4 is 22.8 Å². The SMILES string of the molecule is CN(C)CCCNc1nc(N2CCOC(C(F)(F)F)C2)c2cnn(C)c2n1. The molecule has 0 radical (unpaired) electrons. The number of aromatic nitrogens is 4. The van der Waals surface area contributed by atoms with E-state index in [2.05, 4.69) is 25.3 Å². The van der Waals surface area contributed by atoms with E-state index in [4.69, 9.17) is 4.74 Å². The standard InChI is InChI=1S/C16H24F3N7O/c1-24(2)6-4-5-20-15-22-13-11(9-21-25(13)3)14(23-15)26-7-8-27-12(10-26)16(17,18)19/h9,12H,4-8,10H2,1-3H3,(H,20,22,23). The van der Waals surface area contributed by atoms with Crippen LogP contribution in [0.2, 0.25) is 0 Å². The zero-order valence-electron chi connectivity index (χ0n) is 15.6. The molecule has 2 aromatic rings. The molecule has 1 N–H and O–H groups in total. The van der Waals surface area contributed by atoms with Gasteiger partial charge in [-0.2, -0.15) is 28.2 Å². The molecule has 0 spiro atoms. The third-order valence-electron chi connectivity index (χ3n) is 4.37. The van der Waals surface area contributed by atoms with Crippen LogP contribution in [0.25, 0.3) is 11.0 Å². The predicted octanol–water partition coefficient (Wildman–Crippen LogP) is 1.49. The molecule has 0 aliphatic carbocycles. The van der Waals surface area contributed by atoms with Crippen molar-refractivity contribution in [3.63, 3.8) is 0 Å². The highest BCUT2D eigenvalue weighted by Gasteiger charge is 2.44. The predicted molar refractivity (Wildman–Crippen MR) is 96.0 cm³/mol. The zero-order valence-corrected chi connectivity index (χ0v) is 15.6. The highest BCUT2D eigenvalue weighted by molar-refractivity contribution is 5.88. The van der Waals surface area contributed by atoms with Crippen molar-refractivity contribution in [3.05, 3.63) is 6.20 Å². The van der Waals surface area contributed by atoms with E-state index in [1.54, 1.807) is 22.8 Å². The number of hydrogen-bond acceptors (Lipinski definition) is 7. The summed E-state index contributed by atoms with van der Waals surface area (Å²) >= 11 is 0. The Hall–Kier alpha value is -2.14. The summed E-state index contributed by atoms with van der Waals surface area (Å²) in [6.45, 7) is 1.58. The van der Waals surface area contributed by atoms with Crippen molar-refractivity contribution < 1.29 is 17.9 Å². The molecule has 150 valence electrons. The second-order valence-electron chi connectivity index (χ2n) is 6.81. The Morgan fingerprint density at radius 2 is 2.11 bits per heavy atom. The van der Waals surface area contributed by atoms with Crippen LogP contribution in [0.15, 0.2) is 6.20 Å². The molecule has 11 heteroatoms. The fourth-order valence-electron chi connectivity index (χ4n) is 2.96. The normalized spacial score (nSPS) is 18.5. The molecule has 1 fully saturated rings. The van der Waals surface area contributed by atoms with Crippen LogP contribution in [0.5, 0.6) is 0 Å². The van der Waals surface area contributed by atoms with Gasteiger partial charge in [0.15, 0.2) is 11.8 Å². The van der Waals surface area contributed by atoms with E-state index in [1.165, 1.54) is 0 Å². The van der Waals surface area contributed by atoms with Crippen molar-refractivity contribution in [3.8, 4) is 0 Å². The number of alkyl halides is 3. The van der Waals surface area contributed by atoms with E-state index in [-0.39, 0.29) is 13.2 Å². The van der Waals surface area contributed by atoms with Crippen LogP contribution >= 0.6 is 0 Å². The largest absolute Gasteiger partial charge is 0.416 e. The Morgan fingerprint density at radius 3 is 2.81 bits per heavy atom. The topological polar surface area (TPSA) is 71.3 Å². The van der Waals surface area contributed by atoms with Crippen LogP contribution in [0, 0.1) is 0 Å².